The van der Waals surface area contributed by atoms with Gasteiger partial charge in [-0.3, -0.25) is 14.5 Å². The van der Waals surface area contributed by atoms with E-state index in [0.29, 0.717) is 11.3 Å². The number of carbonyl (C=O) groups excluding carboxylic acids is 1. The van der Waals surface area contributed by atoms with E-state index in [1.54, 1.807) is 48.3 Å². The maximum Gasteiger partial charge on any atom is 0.257 e. The number of carbonyl (C=O) groups is 1. The van der Waals surface area contributed by atoms with Crippen molar-refractivity contribution in [3.63, 3.8) is 0 Å². The number of hydrogen-bond acceptors (Lipinski definition) is 5. The zero-order valence-electron chi connectivity index (χ0n) is 13.9. The molecule has 1 fully saturated rings. The number of aliphatic hydroxyl groups is 1. The highest BCUT2D eigenvalue weighted by Gasteiger charge is 2.37. The Balaban J connectivity index is 1.70. The average molecular weight is 330 g/mol. The Morgan fingerprint density at radius 2 is 2.25 bits per heavy atom. The summed E-state index contributed by atoms with van der Waals surface area (Å²) < 4.78 is 7.46. The lowest BCUT2D eigenvalue weighted by molar-refractivity contribution is -0.0414. The molecule has 0 unspecified atom stereocenters. The van der Waals surface area contributed by atoms with E-state index < -0.39 is 6.10 Å². The molecule has 3 atom stereocenters. The molecule has 7 nitrogen and oxygen atoms in total. The fraction of sp³-hybridized carbons (Fsp3) is 0.471. The first-order chi connectivity index (χ1) is 11.6. The van der Waals surface area contributed by atoms with Gasteiger partial charge < -0.3 is 14.7 Å². The number of aliphatic hydroxyl groups excluding tert-OH is 1. The fourth-order valence-electron chi connectivity index (χ4n) is 3.15. The van der Waals surface area contributed by atoms with Gasteiger partial charge in [0.1, 0.15) is 18.0 Å². The zero-order valence-corrected chi connectivity index (χ0v) is 13.9. The summed E-state index contributed by atoms with van der Waals surface area (Å²) in [4.78, 5) is 18.2. The second-order valence-electron chi connectivity index (χ2n) is 6.15. The van der Waals surface area contributed by atoms with Gasteiger partial charge >= 0.3 is 0 Å². The molecule has 0 saturated heterocycles. The lowest BCUT2D eigenvalue weighted by Gasteiger charge is -2.39. The predicted molar refractivity (Wildman–Crippen MR) is 87.6 cm³/mol. The van der Waals surface area contributed by atoms with Crippen LogP contribution in [0, 0.1) is 0 Å². The minimum absolute atomic E-state index is 0.144. The number of aryl methyl sites for hydroxylation is 1. The zero-order chi connectivity index (χ0) is 17.1. The van der Waals surface area contributed by atoms with Crippen LogP contribution in [0.4, 0.5) is 0 Å². The fourth-order valence-corrected chi connectivity index (χ4v) is 3.15. The summed E-state index contributed by atoms with van der Waals surface area (Å²) in [5.41, 5.74) is 0.516. The Labute approximate surface area is 140 Å². The average Bonchev–Trinajstić information content (AvgIpc) is 3.03. The Bertz CT molecular complexity index is 688. The number of ether oxygens (including phenoxy) is 1. The third-order valence-corrected chi connectivity index (χ3v) is 4.46. The van der Waals surface area contributed by atoms with Crippen molar-refractivity contribution in [3.8, 4) is 5.75 Å². The Morgan fingerprint density at radius 1 is 1.42 bits per heavy atom. The second kappa shape index (κ2) is 7.00. The smallest absolute Gasteiger partial charge is 0.257 e. The van der Waals surface area contributed by atoms with Gasteiger partial charge in [0.15, 0.2) is 0 Å². The van der Waals surface area contributed by atoms with E-state index in [0.717, 1.165) is 19.3 Å². The molecule has 0 aliphatic heterocycles. The molecule has 0 radical (unpaired) electrons. The second-order valence-corrected chi connectivity index (χ2v) is 6.15. The van der Waals surface area contributed by atoms with E-state index in [1.807, 2.05) is 6.07 Å². The van der Waals surface area contributed by atoms with Gasteiger partial charge in [-0.1, -0.05) is 0 Å². The summed E-state index contributed by atoms with van der Waals surface area (Å²) in [5, 5.41) is 14.7. The molecule has 2 heterocycles. The summed E-state index contributed by atoms with van der Waals surface area (Å²) in [6, 6.07) is 3.32. The molecule has 2 aromatic heterocycles. The molecular formula is C17H22N4O3. The lowest BCUT2D eigenvalue weighted by Crippen LogP contribution is -2.53. The number of nitrogens with zero attached hydrogens (tertiary/aromatic N) is 4. The van der Waals surface area contributed by atoms with E-state index in [2.05, 4.69) is 10.1 Å². The highest BCUT2D eigenvalue weighted by atomic mass is 16.5. The molecule has 24 heavy (non-hydrogen) atoms. The third kappa shape index (κ3) is 3.41. The van der Waals surface area contributed by atoms with Crippen LogP contribution < -0.4 is 4.74 Å². The minimum atomic E-state index is -0.746. The van der Waals surface area contributed by atoms with Crippen LogP contribution in [0.1, 0.15) is 29.6 Å². The minimum Gasteiger partial charge on any atom is -0.486 e. The number of pyridine rings is 1. The number of likely N-dealkylation sites (N-methyl/N-ethyl adjacent to an activating group) is 1. The molecule has 1 aliphatic rings. The highest BCUT2D eigenvalue weighted by Crippen LogP contribution is 2.27. The van der Waals surface area contributed by atoms with Crippen molar-refractivity contribution in [2.45, 2.75) is 37.5 Å². The van der Waals surface area contributed by atoms with Crippen LogP contribution in [0.25, 0.3) is 0 Å². The molecule has 7 heteroatoms. The predicted octanol–water partition coefficient (Wildman–Crippen LogP) is 1.25. The van der Waals surface area contributed by atoms with Crippen molar-refractivity contribution in [1.29, 1.82) is 0 Å². The van der Waals surface area contributed by atoms with Gasteiger partial charge in [0.2, 0.25) is 0 Å². The van der Waals surface area contributed by atoms with Gasteiger partial charge in [-0.05, 0) is 31.4 Å². The largest absolute Gasteiger partial charge is 0.486 e. The molecule has 3 rings (SSSR count). The monoisotopic (exact) mass is 330 g/mol. The SMILES string of the molecule is CN(C(=O)c1cnn(C)c1)[C@@H]1CCC[C@@H](Oc2cccnc2)[C@@H]1O. The maximum absolute atomic E-state index is 12.6. The molecule has 1 aliphatic carbocycles. The first kappa shape index (κ1) is 16.4. The van der Waals surface area contributed by atoms with Gasteiger partial charge in [0.05, 0.1) is 24.0 Å². The van der Waals surface area contributed by atoms with Gasteiger partial charge in [-0.15, -0.1) is 0 Å². The van der Waals surface area contributed by atoms with E-state index in [1.165, 1.54) is 6.20 Å². The molecule has 0 bridgehead atoms. The van der Waals surface area contributed by atoms with E-state index in [9.17, 15) is 9.90 Å². The quantitative estimate of drug-likeness (QED) is 0.912. The normalized spacial score (nSPS) is 23.7. The van der Waals surface area contributed by atoms with Crippen molar-refractivity contribution >= 4 is 5.91 Å². The van der Waals surface area contributed by atoms with Crippen LogP contribution in [0.15, 0.2) is 36.9 Å². The van der Waals surface area contributed by atoms with E-state index in [-0.39, 0.29) is 18.1 Å². The van der Waals surface area contributed by atoms with Crippen molar-refractivity contribution in [3.05, 3.63) is 42.5 Å². The molecule has 1 N–H and O–H groups in total. The van der Waals surface area contributed by atoms with Crippen molar-refractivity contribution in [2.24, 2.45) is 7.05 Å². The van der Waals surface area contributed by atoms with Crippen molar-refractivity contribution in [2.75, 3.05) is 7.05 Å². The first-order valence-electron chi connectivity index (χ1n) is 8.07. The van der Waals surface area contributed by atoms with Gasteiger partial charge in [-0.2, -0.15) is 5.10 Å². The molecule has 0 spiro atoms. The van der Waals surface area contributed by atoms with Crippen LogP contribution >= 0.6 is 0 Å². The summed E-state index contributed by atoms with van der Waals surface area (Å²) in [6.45, 7) is 0. The Kier molecular flexibility index (Phi) is 4.80. The van der Waals surface area contributed by atoms with E-state index >= 15 is 0 Å². The van der Waals surface area contributed by atoms with Gasteiger partial charge in [0.25, 0.3) is 5.91 Å². The van der Waals surface area contributed by atoms with Crippen LogP contribution in [0.5, 0.6) is 5.75 Å². The van der Waals surface area contributed by atoms with Crippen LogP contribution in [0.3, 0.4) is 0 Å². The first-order valence-corrected chi connectivity index (χ1v) is 8.07. The van der Waals surface area contributed by atoms with Gasteiger partial charge in [0, 0.05) is 26.5 Å². The summed E-state index contributed by atoms with van der Waals surface area (Å²) in [6.07, 6.45) is 7.81. The summed E-state index contributed by atoms with van der Waals surface area (Å²) in [7, 11) is 3.49. The van der Waals surface area contributed by atoms with Crippen molar-refractivity contribution in [1.82, 2.24) is 19.7 Å². The number of hydrogen-bond donors (Lipinski definition) is 1. The highest BCUT2D eigenvalue weighted by molar-refractivity contribution is 5.93. The lowest BCUT2D eigenvalue weighted by atomic mass is 9.88. The third-order valence-electron chi connectivity index (χ3n) is 4.46. The number of amides is 1. The van der Waals surface area contributed by atoms with E-state index in [4.69, 9.17) is 4.74 Å². The van der Waals surface area contributed by atoms with Crippen LogP contribution in [-0.2, 0) is 7.05 Å². The molecular weight excluding hydrogens is 308 g/mol. The maximum atomic E-state index is 12.6. The summed E-state index contributed by atoms with van der Waals surface area (Å²) >= 11 is 0. The molecule has 1 saturated carbocycles. The molecule has 2 aromatic rings. The molecule has 1 amide bonds. The molecule has 128 valence electrons. The van der Waals surface area contributed by atoms with Crippen LogP contribution in [0.2, 0.25) is 0 Å². The number of rotatable bonds is 4. The standard InChI is InChI=1S/C17H22N4O3/c1-20-11-12(9-19-20)17(23)21(2)14-6-3-7-15(16(14)22)24-13-5-4-8-18-10-13/h4-5,8-11,14-16,22H,3,6-7H2,1-2H3/t14-,15-,16-/m1/s1. The van der Waals surface area contributed by atoms with Crippen LogP contribution in [-0.4, -0.2) is 56.0 Å². The molecule has 0 aromatic carbocycles. The topological polar surface area (TPSA) is 80.5 Å². The van der Waals surface area contributed by atoms with Gasteiger partial charge in [-0.25, -0.2) is 0 Å². The summed E-state index contributed by atoms with van der Waals surface area (Å²) in [5.74, 6) is 0.484. The Morgan fingerprint density at radius 3 is 2.92 bits per heavy atom. The number of aromatic nitrogens is 3. The van der Waals surface area contributed by atoms with Crippen molar-refractivity contribution < 1.29 is 14.6 Å². The Hall–Kier alpha value is -2.41.